The van der Waals surface area contributed by atoms with Gasteiger partial charge in [0.05, 0.1) is 12.8 Å². The Bertz CT molecular complexity index is 1820. The van der Waals surface area contributed by atoms with E-state index in [1.54, 1.807) is 29.2 Å². The number of thiophene rings is 1. The van der Waals surface area contributed by atoms with Crippen molar-refractivity contribution in [3.8, 4) is 0 Å². The van der Waals surface area contributed by atoms with Gasteiger partial charge in [-0.3, -0.25) is 15.5 Å². The second-order valence-electron chi connectivity index (χ2n) is 10.6. The monoisotopic (exact) mass is 658 g/mol. The van der Waals surface area contributed by atoms with Crippen molar-refractivity contribution in [1.82, 2.24) is 45.0 Å². The number of aryl methyl sites for hydroxylation is 1. The summed E-state index contributed by atoms with van der Waals surface area (Å²) in [7, 11) is -0.656. The first-order valence-corrected chi connectivity index (χ1v) is 16.9. The Labute approximate surface area is 260 Å². The predicted molar refractivity (Wildman–Crippen MR) is 162 cm³/mol. The van der Waals surface area contributed by atoms with Crippen LogP contribution in [0.25, 0.3) is 10.1 Å². The van der Waals surface area contributed by atoms with Crippen molar-refractivity contribution >= 4 is 60.6 Å². The van der Waals surface area contributed by atoms with E-state index in [0.717, 1.165) is 46.1 Å². The smallest absolute Gasteiger partial charge is 0.412 e. The summed E-state index contributed by atoms with van der Waals surface area (Å²) >= 11 is 2.54. The van der Waals surface area contributed by atoms with Crippen LogP contribution in [0.2, 0.25) is 0 Å². The van der Waals surface area contributed by atoms with Crippen LogP contribution >= 0.6 is 22.7 Å². The molecule has 0 bridgehead atoms. The lowest BCUT2D eigenvalue weighted by Crippen LogP contribution is -2.56. The molecule has 15 nitrogen and oxygen atoms in total. The van der Waals surface area contributed by atoms with Gasteiger partial charge in [-0.1, -0.05) is 5.21 Å². The van der Waals surface area contributed by atoms with Gasteiger partial charge in [-0.25, -0.2) is 18.2 Å². The summed E-state index contributed by atoms with van der Waals surface area (Å²) in [4.78, 5) is 35.0. The van der Waals surface area contributed by atoms with Crippen LogP contribution in [-0.4, -0.2) is 112 Å². The van der Waals surface area contributed by atoms with E-state index in [-0.39, 0.29) is 35.6 Å². The Balaban J connectivity index is 1.23. The summed E-state index contributed by atoms with van der Waals surface area (Å²) in [6.45, 7) is 2.10. The van der Waals surface area contributed by atoms with E-state index in [2.05, 4.69) is 40.6 Å². The number of hydrogen-bond donors (Lipinski definition) is 3. The van der Waals surface area contributed by atoms with Crippen LogP contribution in [0.4, 0.5) is 4.79 Å². The standard InChI is InChI=1S/C26H30N10O5S3/c1-34-8-7-18-20(14-34)43-24(28-18)25(37)36-10-9-35(13-17(36)4-6-21-30-32-33-31-21)44(39,40)22-12-16-11-15(3-5-19(16)42-22)23(27)29-26(38)41-2/h3,5,11-12,17H,4,6-10,13-14H2,1-2H3,(H2,27,29,38)(H,30,31,32,33). The molecular weight excluding hydrogens is 629 g/mol. The molecule has 0 radical (unpaired) electrons. The van der Waals surface area contributed by atoms with Gasteiger partial charge in [0.15, 0.2) is 10.8 Å². The molecule has 3 N–H and O–H groups in total. The number of aromatic nitrogens is 5. The van der Waals surface area contributed by atoms with Gasteiger partial charge in [-0.2, -0.15) is 9.52 Å². The number of piperazine rings is 1. The predicted octanol–water partition coefficient (Wildman–Crippen LogP) is 1.69. The van der Waals surface area contributed by atoms with Gasteiger partial charge in [0.25, 0.3) is 15.9 Å². The number of nitrogens with zero attached hydrogens (tertiary/aromatic N) is 7. The van der Waals surface area contributed by atoms with Crippen molar-refractivity contribution in [3.05, 3.63) is 51.2 Å². The number of tetrazole rings is 1. The maximum Gasteiger partial charge on any atom is 0.412 e. The topological polar surface area (TPSA) is 190 Å². The minimum atomic E-state index is -3.90. The van der Waals surface area contributed by atoms with Gasteiger partial charge in [0.2, 0.25) is 0 Å². The zero-order chi connectivity index (χ0) is 31.0. The maximum absolute atomic E-state index is 13.9. The molecule has 1 aromatic carbocycles. The Hall–Kier alpha value is -3.84. The quantitative estimate of drug-likeness (QED) is 0.195. The number of rotatable bonds is 7. The average molecular weight is 659 g/mol. The number of alkyl carbamates (subject to hydrolysis) is 1. The van der Waals surface area contributed by atoms with Crippen LogP contribution in [0.1, 0.15) is 38.2 Å². The zero-order valence-electron chi connectivity index (χ0n) is 23.9. The molecule has 2 aliphatic heterocycles. The van der Waals surface area contributed by atoms with Crippen LogP contribution < -0.4 is 5.32 Å². The number of nitrogens with one attached hydrogen (secondary N) is 3. The molecule has 0 spiro atoms. The van der Waals surface area contributed by atoms with E-state index in [0.29, 0.717) is 34.6 Å². The van der Waals surface area contributed by atoms with Crippen LogP contribution in [0.3, 0.4) is 0 Å². The molecule has 1 fully saturated rings. The van der Waals surface area contributed by atoms with Crippen molar-refractivity contribution in [3.63, 3.8) is 0 Å². The van der Waals surface area contributed by atoms with Gasteiger partial charge in [-0.15, -0.1) is 32.9 Å². The van der Waals surface area contributed by atoms with Gasteiger partial charge in [0.1, 0.15) is 10.0 Å². The highest BCUT2D eigenvalue weighted by Crippen LogP contribution is 2.34. The number of hydrogen-bond acceptors (Lipinski definition) is 13. The van der Waals surface area contributed by atoms with Gasteiger partial charge in [-0.05, 0) is 43.1 Å². The molecular formula is C26H30N10O5S3. The van der Waals surface area contributed by atoms with E-state index in [9.17, 15) is 18.0 Å². The number of methoxy groups -OCH3 is 1. The molecule has 1 saturated heterocycles. The lowest BCUT2D eigenvalue weighted by molar-refractivity contribution is 0.0550. The third-order valence-electron chi connectivity index (χ3n) is 7.69. The lowest BCUT2D eigenvalue weighted by Gasteiger charge is -2.40. The molecule has 6 rings (SSSR count). The number of benzene rings is 1. The van der Waals surface area contributed by atoms with Crippen LogP contribution in [0, 0.1) is 5.41 Å². The number of ether oxygens (including phenoxy) is 1. The molecule has 0 aliphatic carbocycles. The number of amidine groups is 1. The van der Waals surface area contributed by atoms with Gasteiger partial charge < -0.3 is 14.5 Å². The van der Waals surface area contributed by atoms with Crippen molar-refractivity contribution < 1.29 is 22.7 Å². The number of sulfonamides is 1. The number of thiazole rings is 1. The molecule has 0 saturated carbocycles. The van der Waals surface area contributed by atoms with Crippen molar-refractivity contribution in [1.29, 1.82) is 5.41 Å². The van der Waals surface area contributed by atoms with Crippen molar-refractivity contribution in [2.75, 3.05) is 40.3 Å². The van der Waals surface area contributed by atoms with Crippen LogP contribution in [0.5, 0.6) is 0 Å². The average Bonchev–Trinajstić information content (AvgIpc) is 3.78. The SMILES string of the molecule is COC(=O)NC(=N)c1ccc2sc(S(=O)(=O)N3CCN(C(=O)c4nc5c(s4)CN(C)CC5)C(CCc4nn[nH]n4)C3)cc2c1. The highest BCUT2D eigenvalue weighted by molar-refractivity contribution is 7.91. The van der Waals surface area contributed by atoms with E-state index < -0.39 is 22.2 Å². The molecule has 18 heteroatoms. The summed E-state index contributed by atoms with van der Waals surface area (Å²) in [6, 6.07) is 6.16. The minimum absolute atomic E-state index is 0.104. The van der Waals surface area contributed by atoms with Gasteiger partial charge >= 0.3 is 6.09 Å². The molecule has 2 aliphatic rings. The zero-order valence-corrected chi connectivity index (χ0v) is 26.4. The number of carbonyl (C=O) groups is 2. The molecule has 4 aromatic rings. The highest BCUT2D eigenvalue weighted by atomic mass is 32.2. The van der Waals surface area contributed by atoms with E-state index in [1.165, 1.54) is 22.8 Å². The van der Waals surface area contributed by atoms with Crippen LogP contribution in [-0.2, 0) is 34.1 Å². The molecule has 2 amide bonds. The molecule has 5 heterocycles. The third kappa shape index (κ3) is 6.07. The summed E-state index contributed by atoms with van der Waals surface area (Å²) in [5.74, 6) is 0.130. The number of fused-ring (bicyclic) bond motifs is 2. The molecule has 3 aromatic heterocycles. The first-order valence-electron chi connectivity index (χ1n) is 13.8. The van der Waals surface area contributed by atoms with Crippen molar-refractivity contribution in [2.45, 2.75) is 36.1 Å². The third-order valence-corrected chi connectivity index (χ3v) is 12.2. The Kier molecular flexibility index (Phi) is 8.42. The first-order chi connectivity index (χ1) is 21.1. The fraction of sp³-hybridized carbons (Fsp3) is 0.423. The van der Waals surface area contributed by atoms with Crippen LogP contribution in [0.15, 0.2) is 28.5 Å². The summed E-state index contributed by atoms with van der Waals surface area (Å²) in [6.07, 6.45) is 0.880. The Morgan fingerprint density at radius 2 is 2.05 bits per heavy atom. The molecule has 44 heavy (non-hydrogen) atoms. The summed E-state index contributed by atoms with van der Waals surface area (Å²) < 4.78 is 34.7. The Morgan fingerprint density at radius 3 is 2.82 bits per heavy atom. The fourth-order valence-corrected chi connectivity index (χ4v) is 9.48. The largest absolute Gasteiger partial charge is 0.453 e. The van der Waals surface area contributed by atoms with Gasteiger partial charge in [0, 0.05) is 66.7 Å². The number of likely N-dealkylation sites (N-methyl/N-ethyl adjacent to an activating group) is 1. The molecule has 1 unspecified atom stereocenters. The number of carbonyl (C=O) groups excluding carboxylic acids is 2. The summed E-state index contributed by atoms with van der Waals surface area (Å²) in [5.41, 5.74) is 1.37. The van der Waals surface area contributed by atoms with Crippen molar-refractivity contribution in [2.24, 2.45) is 0 Å². The number of aromatic amines is 1. The highest BCUT2D eigenvalue weighted by Gasteiger charge is 2.38. The number of H-pyrrole nitrogens is 1. The molecule has 232 valence electrons. The normalized spacial score (nSPS) is 17.9. The fourth-order valence-electron chi connectivity index (χ4n) is 5.34. The maximum atomic E-state index is 13.9. The number of amides is 2. The summed E-state index contributed by atoms with van der Waals surface area (Å²) in [5, 5.41) is 25.6. The van der Waals surface area contributed by atoms with E-state index in [4.69, 9.17) is 5.41 Å². The first kappa shape index (κ1) is 30.2. The lowest BCUT2D eigenvalue weighted by atomic mass is 10.1. The second-order valence-corrected chi connectivity index (χ2v) is 14.9. The molecule has 1 atom stereocenters. The van der Waals surface area contributed by atoms with E-state index in [1.807, 2.05) is 7.05 Å². The minimum Gasteiger partial charge on any atom is -0.453 e. The van der Waals surface area contributed by atoms with E-state index >= 15 is 0 Å². The second kappa shape index (κ2) is 12.3. The Morgan fingerprint density at radius 1 is 1.20 bits per heavy atom.